The lowest BCUT2D eigenvalue weighted by Gasteiger charge is -2.26. The van der Waals surface area contributed by atoms with Gasteiger partial charge in [-0.2, -0.15) is 0 Å². The van der Waals surface area contributed by atoms with Crippen LogP contribution in [0.25, 0.3) is 0 Å². The van der Waals surface area contributed by atoms with Crippen LogP contribution in [0.1, 0.15) is 30.9 Å². The molecule has 0 bridgehead atoms. The highest BCUT2D eigenvalue weighted by Crippen LogP contribution is 2.30. The zero-order chi connectivity index (χ0) is 13.0. The quantitative estimate of drug-likeness (QED) is 0.844. The Hall–Kier alpha value is -1.26. The predicted octanol–water partition coefficient (Wildman–Crippen LogP) is 2.31. The molecular formula is C14H20O4. The van der Waals surface area contributed by atoms with Gasteiger partial charge in [-0.1, -0.05) is 6.07 Å². The minimum atomic E-state index is -0.620. The van der Waals surface area contributed by atoms with Crippen LogP contribution >= 0.6 is 0 Å². The van der Waals surface area contributed by atoms with Crippen LogP contribution in [0.5, 0.6) is 11.5 Å². The SMILES string of the molecule is COc1ccc(C(O)COC2CCC2)cc1OC. The average Bonchev–Trinajstić information content (AvgIpc) is 2.35. The van der Waals surface area contributed by atoms with Crippen molar-refractivity contribution in [3.05, 3.63) is 23.8 Å². The lowest BCUT2D eigenvalue weighted by molar-refractivity contribution is -0.0427. The second kappa shape index (κ2) is 6.07. The van der Waals surface area contributed by atoms with Crippen molar-refractivity contribution >= 4 is 0 Å². The van der Waals surface area contributed by atoms with Crippen LogP contribution in [-0.2, 0) is 4.74 Å². The summed E-state index contributed by atoms with van der Waals surface area (Å²) in [6, 6.07) is 5.41. The van der Waals surface area contributed by atoms with E-state index in [4.69, 9.17) is 14.2 Å². The molecule has 0 spiro atoms. The van der Waals surface area contributed by atoms with E-state index in [0.29, 0.717) is 24.2 Å². The molecule has 0 saturated heterocycles. The minimum absolute atomic E-state index is 0.333. The molecule has 1 atom stereocenters. The molecule has 1 aromatic rings. The van der Waals surface area contributed by atoms with Gasteiger partial charge in [0.2, 0.25) is 0 Å². The summed E-state index contributed by atoms with van der Waals surface area (Å²) < 4.78 is 16.0. The standard InChI is InChI=1S/C14H20O4/c1-16-13-7-6-10(8-14(13)17-2)12(15)9-18-11-4-3-5-11/h6-8,11-12,15H,3-5,9H2,1-2H3. The maximum Gasteiger partial charge on any atom is 0.161 e. The topological polar surface area (TPSA) is 47.9 Å². The molecule has 0 radical (unpaired) electrons. The third kappa shape index (κ3) is 2.94. The van der Waals surface area contributed by atoms with Crippen LogP contribution in [0.3, 0.4) is 0 Å². The summed E-state index contributed by atoms with van der Waals surface area (Å²) in [7, 11) is 3.17. The Morgan fingerprint density at radius 2 is 1.94 bits per heavy atom. The summed E-state index contributed by atoms with van der Waals surface area (Å²) in [6.45, 7) is 0.333. The van der Waals surface area contributed by atoms with Crippen LogP contribution in [-0.4, -0.2) is 32.0 Å². The minimum Gasteiger partial charge on any atom is -0.493 e. The maximum atomic E-state index is 10.1. The van der Waals surface area contributed by atoms with E-state index in [-0.39, 0.29) is 0 Å². The smallest absolute Gasteiger partial charge is 0.161 e. The van der Waals surface area contributed by atoms with E-state index in [9.17, 15) is 5.11 Å². The summed E-state index contributed by atoms with van der Waals surface area (Å²) in [6.07, 6.45) is 3.17. The van der Waals surface area contributed by atoms with Crippen LogP contribution in [0.2, 0.25) is 0 Å². The molecule has 18 heavy (non-hydrogen) atoms. The number of methoxy groups -OCH3 is 2. The van der Waals surface area contributed by atoms with Gasteiger partial charge in [0, 0.05) is 0 Å². The second-order valence-corrected chi connectivity index (χ2v) is 4.52. The van der Waals surface area contributed by atoms with Gasteiger partial charge in [-0.15, -0.1) is 0 Å². The van der Waals surface area contributed by atoms with Crippen molar-refractivity contribution in [3.8, 4) is 11.5 Å². The van der Waals surface area contributed by atoms with E-state index in [1.165, 1.54) is 6.42 Å². The van der Waals surface area contributed by atoms with Crippen LogP contribution in [0.15, 0.2) is 18.2 Å². The fourth-order valence-corrected chi connectivity index (χ4v) is 1.92. The first-order chi connectivity index (χ1) is 8.74. The normalized spacial score (nSPS) is 17.1. The Kier molecular flexibility index (Phi) is 4.44. The van der Waals surface area contributed by atoms with Crippen LogP contribution in [0, 0.1) is 0 Å². The van der Waals surface area contributed by atoms with Gasteiger partial charge in [0.1, 0.15) is 6.10 Å². The zero-order valence-corrected chi connectivity index (χ0v) is 10.9. The lowest BCUT2D eigenvalue weighted by Crippen LogP contribution is -2.24. The molecule has 1 fully saturated rings. The zero-order valence-electron chi connectivity index (χ0n) is 10.9. The van der Waals surface area contributed by atoms with E-state index in [1.807, 2.05) is 6.07 Å². The van der Waals surface area contributed by atoms with Gasteiger partial charge < -0.3 is 19.3 Å². The van der Waals surface area contributed by atoms with Gasteiger partial charge in [-0.25, -0.2) is 0 Å². The molecule has 1 saturated carbocycles. The first-order valence-corrected chi connectivity index (χ1v) is 6.26. The number of ether oxygens (including phenoxy) is 3. The van der Waals surface area contributed by atoms with E-state index in [2.05, 4.69) is 0 Å². The number of rotatable bonds is 6. The fourth-order valence-electron chi connectivity index (χ4n) is 1.92. The Morgan fingerprint density at radius 3 is 2.50 bits per heavy atom. The first kappa shape index (κ1) is 13.2. The predicted molar refractivity (Wildman–Crippen MR) is 68.1 cm³/mol. The van der Waals surface area contributed by atoms with Gasteiger partial charge in [0.05, 0.1) is 26.9 Å². The van der Waals surface area contributed by atoms with Gasteiger partial charge >= 0.3 is 0 Å². The molecule has 1 unspecified atom stereocenters. The molecule has 0 aliphatic heterocycles. The van der Waals surface area contributed by atoms with E-state index < -0.39 is 6.10 Å². The third-order valence-electron chi connectivity index (χ3n) is 3.33. The van der Waals surface area contributed by atoms with Gasteiger partial charge in [-0.05, 0) is 37.0 Å². The van der Waals surface area contributed by atoms with Crippen molar-refractivity contribution in [1.29, 1.82) is 0 Å². The Balaban J connectivity index is 1.97. The number of benzene rings is 1. The van der Waals surface area contributed by atoms with E-state index in [0.717, 1.165) is 18.4 Å². The van der Waals surface area contributed by atoms with Crippen molar-refractivity contribution in [2.24, 2.45) is 0 Å². The highest BCUT2D eigenvalue weighted by atomic mass is 16.5. The van der Waals surface area contributed by atoms with E-state index >= 15 is 0 Å². The highest BCUT2D eigenvalue weighted by molar-refractivity contribution is 5.43. The van der Waals surface area contributed by atoms with Crippen molar-refractivity contribution in [3.63, 3.8) is 0 Å². The van der Waals surface area contributed by atoms with Crippen molar-refractivity contribution in [1.82, 2.24) is 0 Å². The summed E-state index contributed by atoms with van der Waals surface area (Å²) in [5.41, 5.74) is 0.784. The van der Waals surface area contributed by atoms with Crippen LogP contribution in [0.4, 0.5) is 0 Å². The molecule has 100 valence electrons. The molecule has 4 nitrogen and oxygen atoms in total. The molecule has 2 rings (SSSR count). The monoisotopic (exact) mass is 252 g/mol. The first-order valence-electron chi connectivity index (χ1n) is 6.26. The molecule has 0 amide bonds. The Bertz CT molecular complexity index is 387. The van der Waals surface area contributed by atoms with Crippen molar-refractivity contribution in [2.45, 2.75) is 31.5 Å². The molecule has 4 heteroatoms. The lowest BCUT2D eigenvalue weighted by atomic mass is 9.96. The molecule has 0 aromatic heterocycles. The highest BCUT2D eigenvalue weighted by Gasteiger charge is 2.20. The third-order valence-corrected chi connectivity index (χ3v) is 3.33. The van der Waals surface area contributed by atoms with Crippen molar-refractivity contribution in [2.75, 3.05) is 20.8 Å². The van der Waals surface area contributed by atoms with Gasteiger partial charge in [-0.3, -0.25) is 0 Å². The summed E-state index contributed by atoms with van der Waals surface area (Å²) in [5.74, 6) is 1.28. The Morgan fingerprint density at radius 1 is 1.22 bits per heavy atom. The number of aliphatic hydroxyl groups excluding tert-OH is 1. The second-order valence-electron chi connectivity index (χ2n) is 4.52. The fraction of sp³-hybridized carbons (Fsp3) is 0.571. The molecular weight excluding hydrogens is 232 g/mol. The largest absolute Gasteiger partial charge is 0.493 e. The van der Waals surface area contributed by atoms with Crippen molar-refractivity contribution < 1.29 is 19.3 Å². The molecule has 1 aliphatic carbocycles. The number of hydrogen-bond acceptors (Lipinski definition) is 4. The average molecular weight is 252 g/mol. The van der Waals surface area contributed by atoms with Gasteiger partial charge in [0.25, 0.3) is 0 Å². The number of aliphatic hydroxyl groups is 1. The molecule has 1 aromatic carbocycles. The summed E-state index contributed by atoms with van der Waals surface area (Å²) in [5, 5.41) is 10.1. The maximum absolute atomic E-state index is 10.1. The molecule has 0 heterocycles. The summed E-state index contributed by atoms with van der Waals surface area (Å²) in [4.78, 5) is 0. The summed E-state index contributed by atoms with van der Waals surface area (Å²) >= 11 is 0. The molecule has 1 aliphatic rings. The van der Waals surface area contributed by atoms with E-state index in [1.54, 1.807) is 26.4 Å². The molecule has 1 N–H and O–H groups in total. The van der Waals surface area contributed by atoms with Crippen LogP contribution < -0.4 is 9.47 Å². The Labute approximate surface area is 107 Å². The van der Waals surface area contributed by atoms with Gasteiger partial charge in [0.15, 0.2) is 11.5 Å². The number of hydrogen-bond donors (Lipinski definition) is 1.